The molecule has 0 fully saturated rings. The lowest BCUT2D eigenvalue weighted by Gasteiger charge is -2.03. The molecule has 0 amide bonds. The second-order valence-electron chi connectivity index (χ2n) is 2.17. The summed E-state index contributed by atoms with van der Waals surface area (Å²) >= 11 is 2.23. The maximum Gasteiger partial charge on any atom is 0.0688 e. The molecule has 1 nitrogen and oxygen atoms in total. The number of hydrogen-bond donors (Lipinski definition) is 1. The van der Waals surface area contributed by atoms with E-state index in [0.29, 0.717) is 0 Å². The lowest BCUT2D eigenvalue weighted by molar-refractivity contribution is 0.281. The van der Waals surface area contributed by atoms with Gasteiger partial charge in [0.2, 0.25) is 0 Å². The first-order chi connectivity index (χ1) is 5.29. The highest BCUT2D eigenvalue weighted by Crippen LogP contribution is 2.17. The van der Waals surface area contributed by atoms with E-state index in [4.69, 9.17) is 5.11 Å². The quantitative estimate of drug-likeness (QED) is 0.809. The van der Waals surface area contributed by atoms with E-state index in [1.165, 1.54) is 0 Å². The van der Waals surface area contributed by atoms with Crippen LogP contribution in [0.5, 0.6) is 0 Å². The van der Waals surface area contributed by atoms with Crippen LogP contribution in [-0.2, 0) is 6.61 Å². The second-order valence-corrected chi connectivity index (χ2v) is 3.34. The van der Waals surface area contributed by atoms with Gasteiger partial charge in [-0.3, -0.25) is 0 Å². The van der Waals surface area contributed by atoms with Crippen molar-refractivity contribution in [3.63, 3.8) is 0 Å². The van der Waals surface area contributed by atoms with E-state index in [1.54, 1.807) is 6.08 Å². The molecule has 0 aromatic heterocycles. The van der Waals surface area contributed by atoms with Crippen LogP contribution in [0.1, 0.15) is 11.1 Å². The molecule has 1 rings (SSSR count). The molecule has 0 atom stereocenters. The van der Waals surface area contributed by atoms with E-state index < -0.39 is 0 Å². The minimum Gasteiger partial charge on any atom is -0.392 e. The van der Waals surface area contributed by atoms with Crippen LogP contribution in [-0.4, -0.2) is 5.11 Å². The summed E-state index contributed by atoms with van der Waals surface area (Å²) in [6.45, 7) is 3.77. The zero-order valence-electron chi connectivity index (χ0n) is 6.05. The standard InChI is InChI=1S/C9H9IO/c1-2-8-7(6-11)4-3-5-9(8)10/h2-5,11H,1,6H2. The van der Waals surface area contributed by atoms with Crippen molar-refractivity contribution in [1.29, 1.82) is 0 Å². The third kappa shape index (κ3) is 1.81. The summed E-state index contributed by atoms with van der Waals surface area (Å²) in [5.74, 6) is 0. The van der Waals surface area contributed by atoms with Gasteiger partial charge in [0, 0.05) is 3.57 Å². The van der Waals surface area contributed by atoms with Crippen LogP contribution < -0.4 is 0 Å². The fourth-order valence-electron chi connectivity index (χ4n) is 0.948. The third-order valence-corrected chi connectivity index (χ3v) is 2.46. The van der Waals surface area contributed by atoms with Crippen molar-refractivity contribution < 1.29 is 5.11 Å². The molecule has 0 saturated carbocycles. The van der Waals surface area contributed by atoms with Crippen molar-refractivity contribution in [3.8, 4) is 0 Å². The zero-order valence-corrected chi connectivity index (χ0v) is 8.21. The highest BCUT2D eigenvalue weighted by atomic mass is 127. The molecular formula is C9H9IO. The molecule has 1 aromatic rings. The molecule has 1 aromatic carbocycles. The number of rotatable bonds is 2. The Bertz CT molecular complexity index is 268. The van der Waals surface area contributed by atoms with Gasteiger partial charge >= 0.3 is 0 Å². The van der Waals surface area contributed by atoms with Gasteiger partial charge in [-0.05, 0) is 39.8 Å². The monoisotopic (exact) mass is 260 g/mol. The Kier molecular flexibility index (Phi) is 3.08. The Morgan fingerprint density at radius 2 is 2.27 bits per heavy atom. The molecule has 0 saturated heterocycles. The van der Waals surface area contributed by atoms with Crippen LogP contribution in [0.2, 0.25) is 0 Å². The van der Waals surface area contributed by atoms with Crippen molar-refractivity contribution in [3.05, 3.63) is 39.5 Å². The van der Waals surface area contributed by atoms with Crippen LogP contribution in [0.3, 0.4) is 0 Å². The maximum atomic E-state index is 8.92. The average Bonchev–Trinajstić information content (AvgIpc) is 2.04. The van der Waals surface area contributed by atoms with Crippen molar-refractivity contribution in [2.75, 3.05) is 0 Å². The van der Waals surface area contributed by atoms with Gasteiger partial charge in [-0.2, -0.15) is 0 Å². The summed E-state index contributed by atoms with van der Waals surface area (Å²) in [6.07, 6.45) is 1.77. The van der Waals surface area contributed by atoms with Crippen molar-refractivity contribution in [2.45, 2.75) is 6.61 Å². The number of benzene rings is 1. The Hall–Kier alpha value is -0.350. The molecule has 0 heterocycles. The highest BCUT2D eigenvalue weighted by Gasteiger charge is 2.00. The molecule has 58 valence electrons. The van der Waals surface area contributed by atoms with Crippen LogP contribution >= 0.6 is 22.6 Å². The fraction of sp³-hybridized carbons (Fsp3) is 0.111. The summed E-state index contributed by atoms with van der Waals surface area (Å²) in [5.41, 5.74) is 1.97. The van der Waals surface area contributed by atoms with Gasteiger partial charge in [-0.25, -0.2) is 0 Å². The molecule has 1 N–H and O–H groups in total. The Morgan fingerprint density at radius 1 is 1.55 bits per heavy atom. The second kappa shape index (κ2) is 3.88. The largest absolute Gasteiger partial charge is 0.392 e. The van der Waals surface area contributed by atoms with Crippen molar-refractivity contribution in [2.24, 2.45) is 0 Å². The molecule has 0 radical (unpaired) electrons. The smallest absolute Gasteiger partial charge is 0.0688 e. The van der Waals surface area contributed by atoms with Gasteiger partial charge in [0.25, 0.3) is 0 Å². The number of aliphatic hydroxyl groups is 1. The molecule has 0 aliphatic carbocycles. The van der Waals surface area contributed by atoms with Crippen LogP contribution in [0, 0.1) is 3.57 Å². The molecule has 0 spiro atoms. The van der Waals surface area contributed by atoms with E-state index in [2.05, 4.69) is 29.2 Å². The summed E-state index contributed by atoms with van der Waals surface area (Å²) in [5, 5.41) is 8.92. The van der Waals surface area contributed by atoms with Gasteiger partial charge < -0.3 is 5.11 Å². The SMILES string of the molecule is C=Cc1c(I)cccc1CO. The average molecular weight is 260 g/mol. The highest BCUT2D eigenvalue weighted by molar-refractivity contribution is 14.1. The fourth-order valence-corrected chi connectivity index (χ4v) is 1.72. The molecular weight excluding hydrogens is 251 g/mol. The topological polar surface area (TPSA) is 20.2 Å². The maximum absolute atomic E-state index is 8.92. The van der Waals surface area contributed by atoms with Crippen LogP contribution in [0.15, 0.2) is 24.8 Å². The molecule has 11 heavy (non-hydrogen) atoms. The summed E-state index contributed by atoms with van der Waals surface area (Å²) in [6, 6.07) is 5.83. The minimum atomic E-state index is 0.0815. The summed E-state index contributed by atoms with van der Waals surface area (Å²) in [7, 11) is 0. The van der Waals surface area contributed by atoms with E-state index in [1.807, 2.05) is 18.2 Å². The molecule has 2 heteroatoms. The van der Waals surface area contributed by atoms with Crippen LogP contribution in [0.4, 0.5) is 0 Å². The van der Waals surface area contributed by atoms with E-state index in [9.17, 15) is 0 Å². The summed E-state index contributed by atoms with van der Waals surface area (Å²) < 4.78 is 1.13. The van der Waals surface area contributed by atoms with Gasteiger partial charge in [0.05, 0.1) is 6.61 Å². The molecule has 0 unspecified atom stereocenters. The zero-order chi connectivity index (χ0) is 8.27. The van der Waals surface area contributed by atoms with Crippen LogP contribution in [0.25, 0.3) is 6.08 Å². The van der Waals surface area contributed by atoms with E-state index in [0.717, 1.165) is 14.7 Å². The first-order valence-corrected chi connectivity index (χ1v) is 4.38. The van der Waals surface area contributed by atoms with Crippen molar-refractivity contribution in [1.82, 2.24) is 0 Å². The predicted molar refractivity (Wildman–Crippen MR) is 55.2 cm³/mol. The molecule has 0 bridgehead atoms. The van der Waals surface area contributed by atoms with Crippen molar-refractivity contribution >= 4 is 28.7 Å². The Labute approximate surface area is 79.9 Å². The first-order valence-electron chi connectivity index (χ1n) is 3.30. The van der Waals surface area contributed by atoms with Gasteiger partial charge in [0.1, 0.15) is 0 Å². The number of hydrogen-bond acceptors (Lipinski definition) is 1. The third-order valence-electron chi connectivity index (χ3n) is 1.52. The number of halogens is 1. The van der Waals surface area contributed by atoms with E-state index >= 15 is 0 Å². The lowest BCUT2D eigenvalue weighted by Crippen LogP contribution is -1.90. The number of aliphatic hydroxyl groups excluding tert-OH is 1. The van der Waals surface area contributed by atoms with Gasteiger partial charge in [0.15, 0.2) is 0 Å². The van der Waals surface area contributed by atoms with E-state index in [-0.39, 0.29) is 6.61 Å². The first kappa shape index (κ1) is 8.74. The Morgan fingerprint density at radius 3 is 2.73 bits per heavy atom. The molecule has 0 aliphatic heterocycles. The van der Waals surface area contributed by atoms with Gasteiger partial charge in [-0.1, -0.05) is 24.8 Å². The summed E-state index contributed by atoms with van der Waals surface area (Å²) in [4.78, 5) is 0. The predicted octanol–water partition coefficient (Wildman–Crippen LogP) is 2.43. The molecule has 0 aliphatic rings. The minimum absolute atomic E-state index is 0.0815. The normalized spacial score (nSPS) is 9.64. The lowest BCUT2D eigenvalue weighted by atomic mass is 10.1. The van der Waals surface area contributed by atoms with Gasteiger partial charge in [-0.15, -0.1) is 0 Å². The Balaban J connectivity index is 3.24.